The lowest BCUT2D eigenvalue weighted by atomic mass is 9.64. The third kappa shape index (κ3) is 2.67. The fourth-order valence-corrected chi connectivity index (χ4v) is 2.22. The summed E-state index contributed by atoms with van der Waals surface area (Å²) in [6.45, 7) is 3.43. The minimum Gasteiger partial charge on any atom is -0.535 e. The number of hydrogen-bond acceptors (Lipinski definition) is 5. The molecule has 1 aromatic carbocycles. The highest BCUT2D eigenvalue weighted by atomic mass is 16.5. The molecule has 0 spiro atoms. The van der Waals surface area contributed by atoms with E-state index >= 15 is 0 Å². The van der Waals surface area contributed by atoms with Gasteiger partial charge >= 0.3 is 7.12 Å². The van der Waals surface area contributed by atoms with E-state index in [0.717, 1.165) is 5.56 Å². The van der Waals surface area contributed by atoms with Crippen LogP contribution in [0, 0.1) is 0 Å². The predicted molar refractivity (Wildman–Crippen MR) is 73.0 cm³/mol. The van der Waals surface area contributed by atoms with Crippen LogP contribution in [0.15, 0.2) is 24.8 Å². The van der Waals surface area contributed by atoms with Gasteiger partial charge in [0.25, 0.3) is 5.91 Å². The number of benzene rings is 1. The Morgan fingerprint density at radius 1 is 1.50 bits per heavy atom. The van der Waals surface area contributed by atoms with Gasteiger partial charge in [0, 0.05) is 12.2 Å². The van der Waals surface area contributed by atoms with Crippen molar-refractivity contribution in [3.8, 4) is 5.75 Å². The van der Waals surface area contributed by atoms with Gasteiger partial charge in [-0.2, -0.15) is 0 Å². The minimum absolute atomic E-state index is 0.166. The van der Waals surface area contributed by atoms with Crippen LogP contribution in [-0.2, 0) is 16.0 Å². The van der Waals surface area contributed by atoms with E-state index in [1.807, 2.05) is 0 Å². The second kappa shape index (κ2) is 5.38. The number of para-hydroxylation sites is 1. The summed E-state index contributed by atoms with van der Waals surface area (Å²) in [6, 6.07) is 5.09. The monoisotopic (exact) mass is 275 g/mol. The predicted octanol–water partition coefficient (Wildman–Crippen LogP) is 0.445. The summed E-state index contributed by atoms with van der Waals surface area (Å²) in [6.07, 6.45) is 0.164. The van der Waals surface area contributed by atoms with E-state index in [-0.39, 0.29) is 12.2 Å². The number of aliphatic hydroxyl groups excluding tert-OH is 1. The second-order valence-electron chi connectivity index (χ2n) is 4.70. The fraction of sp³-hybridized carbons (Fsp3) is 0.231. The van der Waals surface area contributed by atoms with Crippen LogP contribution in [0.5, 0.6) is 5.75 Å². The first-order valence-electron chi connectivity index (χ1n) is 6.07. The van der Waals surface area contributed by atoms with E-state index in [0.29, 0.717) is 17.7 Å². The van der Waals surface area contributed by atoms with E-state index in [1.165, 1.54) is 0 Å². The number of primary amides is 1. The zero-order chi connectivity index (χ0) is 14.9. The summed E-state index contributed by atoms with van der Waals surface area (Å²) >= 11 is 0. The van der Waals surface area contributed by atoms with Gasteiger partial charge in [0.1, 0.15) is 11.5 Å². The molecule has 20 heavy (non-hydrogen) atoms. The Labute approximate surface area is 116 Å². The number of hydrogen-bond donors (Lipinski definition) is 3. The lowest BCUT2D eigenvalue weighted by Gasteiger charge is -2.28. The van der Waals surface area contributed by atoms with Crippen molar-refractivity contribution in [1.82, 2.24) is 0 Å². The molecule has 0 saturated carbocycles. The summed E-state index contributed by atoms with van der Waals surface area (Å²) in [5.74, 6) is -2.15. The van der Waals surface area contributed by atoms with Gasteiger partial charge in [-0.1, -0.05) is 18.7 Å². The maximum absolute atomic E-state index is 11.3. The van der Waals surface area contributed by atoms with Crippen molar-refractivity contribution in [2.45, 2.75) is 18.7 Å². The van der Waals surface area contributed by atoms with Crippen molar-refractivity contribution in [2.75, 3.05) is 0 Å². The zero-order valence-corrected chi connectivity index (χ0v) is 10.7. The van der Waals surface area contributed by atoms with Crippen LogP contribution >= 0.6 is 0 Å². The smallest absolute Gasteiger partial charge is 0.526 e. The molecule has 104 valence electrons. The summed E-state index contributed by atoms with van der Waals surface area (Å²) in [5.41, 5.74) is 6.02. The van der Waals surface area contributed by atoms with Gasteiger partial charge in [0.15, 0.2) is 0 Å². The highest BCUT2D eigenvalue weighted by Crippen LogP contribution is 2.37. The van der Waals surface area contributed by atoms with Crippen LogP contribution in [0.1, 0.15) is 17.5 Å². The molecule has 6 nitrogen and oxygen atoms in total. The average molecular weight is 275 g/mol. The van der Waals surface area contributed by atoms with E-state index in [1.54, 1.807) is 18.2 Å². The normalized spacial score (nSPS) is 17.1. The molecule has 1 amide bonds. The van der Waals surface area contributed by atoms with Crippen molar-refractivity contribution in [3.63, 3.8) is 0 Å². The van der Waals surface area contributed by atoms with Crippen molar-refractivity contribution in [1.29, 1.82) is 0 Å². The zero-order valence-electron chi connectivity index (χ0n) is 10.7. The molecule has 1 aliphatic heterocycles. The van der Waals surface area contributed by atoms with Gasteiger partial charge in [-0.05, 0) is 18.1 Å². The molecule has 0 bridgehead atoms. The Morgan fingerprint density at radius 2 is 2.20 bits per heavy atom. The summed E-state index contributed by atoms with van der Waals surface area (Å²) in [5, 5.41) is 19.4. The molecular formula is C13H14BNO5. The number of amides is 1. The SMILES string of the molecule is C=C(O)c1cccc2c1OB(O)[C@@H](CC(=O)C(N)=O)C2. The molecule has 1 atom stereocenters. The van der Waals surface area contributed by atoms with Gasteiger partial charge in [-0.3, -0.25) is 9.59 Å². The summed E-state index contributed by atoms with van der Waals surface area (Å²) < 4.78 is 5.35. The molecule has 4 N–H and O–H groups in total. The largest absolute Gasteiger partial charge is 0.535 e. The molecule has 1 aliphatic rings. The number of nitrogens with two attached hydrogens (primary N) is 1. The summed E-state index contributed by atoms with van der Waals surface area (Å²) in [7, 11) is -1.24. The molecule has 0 fully saturated rings. The van der Waals surface area contributed by atoms with Crippen LogP contribution < -0.4 is 10.4 Å². The van der Waals surface area contributed by atoms with Crippen molar-refractivity contribution >= 4 is 24.6 Å². The average Bonchev–Trinajstić information content (AvgIpc) is 2.38. The maximum Gasteiger partial charge on any atom is 0.526 e. The third-order valence-corrected chi connectivity index (χ3v) is 3.25. The highest BCUT2D eigenvalue weighted by molar-refractivity contribution is 6.48. The highest BCUT2D eigenvalue weighted by Gasteiger charge is 2.37. The number of carbonyl (C=O) groups excluding carboxylic acids is 2. The lowest BCUT2D eigenvalue weighted by Crippen LogP contribution is -2.37. The molecule has 7 heteroatoms. The molecule has 0 unspecified atom stereocenters. The van der Waals surface area contributed by atoms with Crippen molar-refractivity contribution < 1.29 is 24.4 Å². The number of Topliss-reactive ketones (excluding diaryl/α,β-unsaturated/α-hetero) is 1. The van der Waals surface area contributed by atoms with E-state index < -0.39 is 24.6 Å². The first-order chi connectivity index (χ1) is 9.40. The Balaban J connectivity index is 2.26. The Bertz CT molecular complexity index is 586. The van der Waals surface area contributed by atoms with Crippen LogP contribution in [0.25, 0.3) is 5.76 Å². The first kappa shape index (κ1) is 14.1. The first-order valence-corrected chi connectivity index (χ1v) is 6.07. The number of carbonyl (C=O) groups is 2. The Kier molecular flexibility index (Phi) is 3.80. The van der Waals surface area contributed by atoms with E-state index in [2.05, 4.69) is 6.58 Å². The molecule has 0 saturated heterocycles. The number of ketones is 1. The molecule has 0 radical (unpaired) electrons. The molecule has 0 aromatic heterocycles. The van der Waals surface area contributed by atoms with Gasteiger partial charge in [0.2, 0.25) is 5.78 Å². The van der Waals surface area contributed by atoms with E-state index in [4.69, 9.17) is 10.4 Å². The van der Waals surface area contributed by atoms with Gasteiger partial charge in [-0.15, -0.1) is 0 Å². The molecule has 2 rings (SSSR count). The Morgan fingerprint density at radius 3 is 2.80 bits per heavy atom. The van der Waals surface area contributed by atoms with Crippen LogP contribution in [0.2, 0.25) is 5.82 Å². The summed E-state index contributed by atoms with van der Waals surface area (Å²) in [4.78, 5) is 22.1. The van der Waals surface area contributed by atoms with Crippen molar-refractivity contribution in [2.24, 2.45) is 5.73 Å². The lowest BCUT2D eigenvalue weighted by molar-refractivity contribution is -0.136. The molecule has 0 aliphatic carbocycles. The standard InChI is InChI=1S/C13H14BNO5/c1-7(16)10-4-2-3-8-5-9(6-11(17)13(15)18)14(19)20-12(8)10/h2-4,9,16,19H,1,5-6H2,(H2,15,18)/t9-/m1/s1. The molecule has 1 heterocycles. The fourth-order valence-electron chi connectivity index (χ4n) is 2.22. The molecular weight excluding hydrogens is 261 g/mol. The maximum atomic E-state index is 11.3. The van der Waals surface area contributed by atoms with Crippen LogP contribution in [0.4, 0.5) is 0 Å². The van der Waals surface area contributed by atoms with Gasteiger partial charge in [0.05, 0.1) is 5.56 Å². The number of aliphatic hydroxyl groups is 1. The van der Waals surface area contributed by atoms with E-state index in [9.17, 15) is 19.7 Å². The van der Waals surface area contributed by atoms with Gasteiger partial charge in [-0.25, -0.2) is 0 Å². The second-order valence-corrected chi connectivity index (χ2v) is 4.70. The number of rotatable bonds is 4. The van der Waals surface area contributed by atoms with Gasteiger partial charge < -0.3 is 20.5 Å². The van der Waals surface area contributed by atoms with Crippen LogP contribution in [0.3, 0.4) is 0 Å². The minimum atomic E-state index is -1.24. The van der Waals surface area contributed by atoms with Crippen molar-refractivity contribution in [3.05, 3.63) is 35.9 Å². The number of fused-ring (bicyclic) bond motifs is 1. The van der Waals surface area contributed by atoms with Crippen LogP contribution in [-0.4, -0.2) is 28.9 Å². The quantitative estimate of drug-likeness (QED) is 0.419. The Hall–Kier alpha value is -2.28. The topological polar surface area (TPSA) is 110 Å². The molecule has 1 aromatic rings. The third-order valence-electron chi connectivity index (χ3n) is 3.25.